The third-order valence-corrected chi connectivity index (χ3v) is 3.93. The van der Waals surface area contributed by atoms with Crippen LogP contribution in [-0.4, -0.2) is 55.0 Å². The lowest BCUT2D eigenvalue weighted by atomic mass is 10.0. The van der Waals surface area contributed by atoms with Gasteiger partial charge in [-0.15, -0.1) is 0 Å². The number of rotatable bonds is 7. The second kappa shape index (κ2) is 8.81. The van der Waals surface area contributed by atoms with Gasteiger partial charge in [-0.3, -0.25) is 9.59 Å². The highest BCUT2D eigenvalue weighted by atomic mass is 16.6. The quantitative estimate of drug-likeness (QED) is 0.531. The minimum Gasteiger partial charge on any atom is -0.482 e. The summed E-state index contributed by atoms with van der Waals surface area (Å²) in [7, 11) is 0. The minimum absolute atomic E-state index is 0.120. The smallest absolute Gasteiger partial charge is 0.416 e. The third-order valence-electron chi connectivity index (χ3n) is 3.93. The molecule has 1 heterocycles. The molecule has 0 atom stereocenters. The van der Waals surface area contributed by atoms with Gasteiger partial charge in [0.2, 0.25) is 0 Å². The molecule has 3 rings (SSSR count). The molecule has 28 heavy (non-hydrogen) atoms. The Labute approximate surface area is 160 Å². The molecule has 0 spiro atoms. The second-order valence-electron chi connectivity index (χ2n) is 5.83. The van der Waals surface area contributed by atoms with Gasteiger partial charge in [-0.25, -0.2) is 14.5 Å². The van der Waals surface area contributed by atoms with Crippen LogP contribution in [0.1, 0.15) is 15.9 Å². The van der Waals surface area contributed by atoms with Crippen molar-refractivity contribution in [3.05, 3.63) is 65.7 Å². The molecule has 0 aromatic heterocycles. The first-order chi connectivity index (χ1) is 13.5. The highest BCUT2D eigenvalue weighted by Crippen LogP contribution is 2.15. The molecule has 2 aromatic rings. The van der Waals surface area contributed by atoms with Gasteiger partial charge >= 0.3 is 12.1 Å². The van der Waals surface area contributed by atoms with E-state index in [1.165, 1.54) is 0 Å². The lowest BCUT2D eigenvalue weighted by Crippen LogP contribution is -2.35. The van der Waals surface area contributed by atoms with Crippen LogP contribution in [-0.2, 0) is 19.1 Å². The maximum absolute atomic E-state index is 12.3. The summed E-state index contributed by atoms with van der Waals surface area (Å²) in [5, 5.41) is 0. The first kappa shape index (κ1) is 19.1. The average Bonchev–Trinajstić information content (AvgIpc) is 3.17. The number of esters is 1. The molecule has 2 aromatic carbocycles. The predicted molar refractivity (Wildman–Crippen MR) is 95.8 cm³/mol. The molecule has 144 valence electrons. The molecule has 0 aliphatic carbocycles. The molecule has 8 heteroatoms. The van der Waals surface area contributed by atoms with E-state index < -0.39 is 31.2 Å². The topological polar surface area (TPSA) is 99.2 Å². The zero-order valence-electron chi connectivity index (χ0n) is 14.8. The Kier molecular flexibility index (Phi) is 6.01. The van der Waals surface area contributed by atoms with E-state index >= 15 is 0 Å². The molecular formula is C20H17NO7. The highest BCUT2D eigenvalue weighted by molar-refractivity contribution is 6.09. The van der Waals surface area contributed by atoms with Gasteiger partial charge in [0.1, 0.15) is 12.4 Å². The first-order valence-electron chi connectivity index (χ1n) is 8.50. The molecule has 2 amide bonds. The number of amides is 2. The van der Waals surface area contributed by atoms with E-state index in [1.807, 2.05) is 6.07 Å². The molecule has 8 nitrogen and oxygen atoms in total. The fourth-order valence-electron chi connectivity index (χ4n) is 2.48. The Bertz CT molecular complexity index is 877. The Morgan fingerprint density at radius 2 is 1.61 bits per heavy atom. The summed E-state index contributed by atoms with van der Waals surface area (Å²) in [5.74, 6) is -1.16. The molecule has 1 fully saturated rings. The van der Waals surface area contributed by atoms with Gasteiger partial charge in [-0.1, -0.05) is 30.3 Å². The zero-order valence-corrected chi connectivity index (χ0v) is 14.8. The van der Waals surface area contributed by atoms with E-state index in [-0.39, 0.29) is 18.9 Å². The van der Waals surface area contributed by atoms with Crippen LogP contribution in [0.3, 0.4) is 0 Å². The molecule has 0 radical (unpaired) electrons. The summed E-state index contributed by atoms with van der Waals surface area (Å²) in [5.41, 5.74) is 1.07. The molecule has 0 unspecified atom stereocenters. The molecule has 1 aliphatic rings. The number of benzene rings is 2. The van der Waals surface area contributed by atoms with E-state index in [0.29, 0.717) is 16.9 Å². The van der Waals surface area contributed by atoms with Crippen molar-refractivity contribution in [1.29, 1.82) is 0 Å². The number of ketones is 1. The maximum Gasteiger partial charge on any atom is 0.416 e. The zero-order chi connectivity index (χ0) is 19.9. The standard InChI is InChI=1S/C20H17NO7/c22-17(21-10-11-26-20(21)25)12-28-18(23)13-27-16-8-6-15(7-9-16)19(24)14-4-2-1-3-5-14/h1-9H,10-13H2. The lowest BCUT2D eigenvalue weighted by molar-refractivity contribution is -0.152. The molecule has 1 saturated heterocycles. The Balaban J connectivity index is 1.45. The number of imide groups is 1. The number of hydrogen-bond acceptors (Lipinski definition) is 7. The third kappa shape index (κ3) is 4.73. The van der Waals surface area contributed by atoms with E-state index in [1.54, 1.807) is 48.5 Å². The van der Waals surface area contributed by atoms with Gasteiger partial charge in [-0.2, -0.15) is 0 Å². The first-order valence-corrected chi connectivity index (χ1v) is 8.50. The van der Waals surface area contributed by atoms with Crippen molar-refractivity contribution in [2.75, 3.05) is 26.4 Å². The highest BCUT2D eigenvalue weighted by Gasteiger charge is 2.28. The fraction of sp³-hybridized carbons (Fsp3) is 0.200. The molecule has 0 N–H and O–H groups in total. The van der Waals surface area contributed by atoms with Gasteiger partial charge in [0, 0.05) is 11.1 Å². The van der Waals surface area contributed by atoms with Crippen LogP contribution in [0.4, 0.5) is 4.79 Å². The number of carbonyl (C=O) groups is 4. The summed E-state index contributed by atoms with van der Waals surface area (Å²) in [6.07, 6.45) is -0.748. The van der Waals surface area contributed by atoms with Crippen LogP contribution in [0.15, 0.2) is 54.6 Å². The van der Waals surface area contributed by atoms with Crippen molar-refractivity contribution in [3.8, 4) is 5.75 Å². The van der Waals surface area contributed by atoms with Gasteiger partial charge in [0.05, 0.1) is 6.54 Å². The van der Waals surface area contributed by atoms with Crippen LogP contribution in [0.5, 0.6) is 5.75 Å². The molecule has 0 saturated carbocycles. The predicted octanol–water partition coefficient (Wildman–Crippen LogP) is 1.82. The van der Waals surface area contributed by atoms with E-state index in [2.05, 4.69) is 4.74 Å². The van der Waals surface area contributed by atoms with E-state index in [9.17, 15) is 19.2 Å². The van der Waals surface area contributed by atoms with Crippen LogP contribution < -0.4 is 4.74 Å². The number of ether oxygens (including phenoxy) is 3. The summed E-state index contributed by atoms with van der Waals surface area (Å²) in [6, 6.07) is 15.2. The van der Waals surface area contributed by atoms with Crippen LogP contribution in [0, 0.1) is 0 Å². The Morgan fingerprint density at radius 1 is 0.929 bits per heavy atom. The molecule has 1 aliphatic heterocycles. The maximum atomic E-state index is 12.3. The largest absolute Gasteiger partial charge is 0.482 e. The van der Waals surface area contributed by atoms with Gasteiger partial charge in [0.15, 0.2) is 19.0 Å². The van der Waals surface area contributed by atoms with Crippen molar-refractivity contribution in [2.24, 2.45) is 0 Å². The number of carbonyl (C=O) groups excluding carboxylic acids is 4. The Morgan fingerprint density at radius 3 is 2.25 bits per heavy atom. The number of hydrogen-bond donors (Lipinski definition) is 0. The van der Waals surface area contributed by atoms with Crippen molar-refractivity contribution in [1.82, 2.24) is 4.90 Å². The summed E-state index contributed by atoms with van der Waals surface area (Å²) in [6.45, 7) is -0.713. The number of cyclic esters (lactones) is 1. The summed E-state index contributed by atoms with van der Waals surface area (Å²) >= 11 is 0. The fourth-order valence-corrected chi connectivity index (χ4v) is 2.48. The minimum atomic E-state index is -0.759. The lowest BCUT2D eigenvalue weighted by Gasteiger charge is -2.11. The SMILES string of the molecule is O=C(COc1ccc(C(=O)c2ccccc2)cc1)OCC(=O)N1CCOC1=O. The second-order valence-corrected chi connectivity index (χ2v) is 5.83. The van der Waals surface area contributed by atoms with E-state index in [4.69, 9.17) is 9.47 Å². The average molecular weight is 383 g/mol. The van der Waals surface area contributed by atoms with Crippen molar-refractivity contribution in [2.45, 2.75) is 0 Å². The van der Waals surface area contributed by atoms with Crippen molar-refractivity contribution in [3.63, 3.8) is 0 Å². The normalized spacial score (nSPS) is 13.0. The Hall–Kier alpha value is -3.68. The van der Waals surface area contributed by atoms with Gasteiger partial charge < -0.3 is 14.2 Å². The molecule has 0 bridgehead atoms. The summed E-state index contributed by atoms with van der Waals surface area (Å²) < 4.78 is 14.7. The van der Waals surface area contributed by atoms with Crippen molar-refractivity contribution < 1.29 is 33.4 Å². The summed E-state index contributed by atoms with van der Waals surface area (Å²) in [4.78, 5) is 47.8. The van der Waals surface area contributed by atoms with Crippen LogP contribution in [0.2, 0.25) is 0 Å². The van der Waals surface area contributed by atoms with Gasteiger partial charge in [0.25, 0.3) is 5.91 Å². The van der Waals surface area contributed by atoms with Crippen LogP contribution >= 0.6 is 0 Å². The number of nitrogens with zero attached hydrogens (tertiary/aromatic N) is 1. The van der Waals surface area contributed by atoms with Crippen LogP contribution in [0.25, 0.3) is 0 Å². The van der Waals surface area contributed by atoms with Crippen molar-refractivity contribution >= 4 is 23.8 Å². The van der Waals surface area contributed by atoms with Gasteiger partial charge in [-0.05, 0) is 24.3 Å². The molecular weight excluding hydrogens is 366 g/mol. The van der Waals surface area contributed by atoms with E-state index in [0.717, 1.165) is 4.90 Å². The monoisotopic (exact) mass is 383 g/mol.